The van der Waals surface area contributed by atoms with Crippen LogP contribution in [0.1, 0.15) is 22.3 Å². The normalized spacial score (nSPS) is 14.7. The summed E-state index contributed by atoms with van der Waals surface area (Å²) in [5.74, 6) is 1.74. The molecule has 0 unspecified atom stereocenters. The van der Waals surface area contributed by atoms with Crippen molar-refractivity contribution in [2.45, 2.75) is 5.41 Å². The molecule has 0 bridgehead atoms. The summed E-state index contributed by atoms with van der Waals surface area (Å²) in [6.45, 7) is 0. The molecule has 0 fully saturated rings. The summed E-state index contributed by atoms with van der Waals surface area (Å²) in [7, 11) is 0. The van der Waals surface area contributed by atoms with Gasteiger partial charge >= 0.3 is 0 Å². The summed E-state index contributed by atoms with van der Waals surface area (Å²) in [6.07, 6.45) is 3.67. The lowest BCUT2D eigenvalue weighted by atomic mass is 9.66. The molecule has 2 aromatic carbocycles. The van der Waals surface area contributed by atoms with Crippen LogP contribution in [0.2, 0.25) is 0 Å². The number of aromatic nitrogens is 2. The van der Waals surface area contributed by atoms with Crippen LogP contribution in [0, 0.1) is 0 Å². The lowest BCUT2D eigenvalue weighted by Crippen LogP contribution is -2.32. The Morgan fingerprint density at radius 2 is 1.30 bits per heavy atom. The molecule has 3 nitrogen and oxygen atoms in total. The SMILES string of the molecule is Brc1ccc2c(c1)C1(c3ccccc3O2)c2cccnc2-c2ncccc21. The molecule has 0 saturated heterocycles. The molecule has 2 aliphatic rings. The molecule has 0 saturated carbocycles. The molecule has 1 aliphatic carbocycles. The van der Waals surface area contributed by atoms with Gasteiger partial charge in [0.1, 0.15) is 11.5 Å². The molecule has 3 heterocycles. The van der Waals surface area contributed by atoms with Gasteiger partial charge in [-0.2, -0.15) is 0 Å². The first-order chi connectivity index (χ1) is 13.3. The highest BCUT2D eigenvalue weighted by Crippen LogP contribution is 2.61. The summed E-state index contributed by atoms with van der Waals surface area (Å²) < 4.78 is 7.31. The molecule has 1 spiro atoms. The molecule has 128 valence electrons. The van der Waals surface area contributed by atoms with E-state index < -0.39 is 5.41 Å². The number of rotatable bonds is 0. The Bertz CT molecular complexity index is 1190. The highest BCUT2D eigenvalue weighted by atomic mass is 79.9. The van der Waals surface area contributed by atoms with E-state index in [0.29, 0.717) is 0 Å². The molecule has 4 heteroatoms. The molecule has 27 heavy (non-hydrogen) atoms. The topological polar surface area (TPSA) is 35.0 Å². The van der Waals surface area contributed by atoms with Gasteiger partial charge in [-0.3, -0.25) is 9.97 Å². The maximum atomic E-state index is 6.29. The summed E-state index contributed by atoms with van der Waals surface area (Å²) in [6, 6.07) is 22.8. The van der Waals surface area contributed by atoms with Crippen LogP contribution in [0.15, 0.2) is 83.6 Å². The summed E-state index contributed by atoms with van der Waals surface area (Å²) in [5, 5.41) is 0. The molecule has 0 N–H and O–H groups in total. The summed E-state index contributed by atoms with van der Waals surface area (Å²) in [5.41, 5.74) is 5.92. The van der Waals surface area contributed by atoms with Crippen molar-refractivity contribution >= 4 is 15.9 Å². The smallest absolute Gasteiger partial charge is 0.132 e. The Labute approximate surface area is 164 Å². The maximum absolute atomic E-state index is 6.29. The lowest BCUT2D eigenvalue weighted by molar-refractivity contribution is 0.436. The van der Waals surface area contributed by atoms with Gasteiger partial charge in [-0.05, 0) is 47.5 Å². The van der Waals surface area contributed by atoms with E-state index in [0.717, 1.165) is 49.6 Å². The zero-order valence-electron chi connectivity index (χ0n) is 14.2. The van der Waals surface area contributed by atoms with Gasteiger partial charge in [0.15, 0.2) is 0 Å². The van der Waals surface area contributed by atoms with Crippen LogP contribution in [0.4, 0.5) is 0 Å². The van der Waals surface area contributed by atoms with Crippen molar-refractivity contribution in [3.63, 3.8) is 0 Å². The monoisotopic (exact) mass is 412 g/mol. The number of nitrogens with zero attached hydrogens (tertiary/aromatic N) is 2. The second-order valence-corrected chi connectivity index (χ2v) is 7.70. The van der Waals surface area contributed by atoms with Crippen LogP contribution in [-0.4, -0.2) is 9.97 Å². The first-order valence-corrected chi connectivity index (χ1v) is 9.58. The van der Waals surface area contributed by atoms with Gasteiger partial charge in [-0.1, -0.05) is 46.3 Å². The average Bonchev–Trinajstić information content (AvgIpc) is 3.01. The van der Waals surface area contributed by atoms with Gasteiger partial charge in [0, 0.05) is 28.0 Å². The van der Waals surface area contributed by atoms with E-state index in [1.165, 1.54) is 0 Å². The predicted octanol–water partition coefficient (Wildman–Crippen LogP) is 5.71. The van der Waals surface area contributed by atoms with Gasteiger partial charge in [0.25, 0.3) is 0 Å². The van der Waals surface area contributed by atoms with Crippen LogP contribution in [0.5, 0.6) is 11.5 Å². The van der Waals surface area contributed by atoms with Crippen LogP contribution in [0.3, 0.4) is 0 Å². The highest BCUT2D eigenvalue weighted by Gasteiger charge is 2.52. The predicted molar refractivity (Wildman–Crippen MR) is 107 cm³/mol. The van der Waals surface area contributed by atoms with Gasteiger partial charge in [-0.25, -0.2) is 0 Å². The van der Waals surface area contributed by atoms with Crippen LogP contribution >= 0.6 is 15.9 Å². The fourth-order valence-electron chi connectivity index (χ4n) is 4.53. The second-order valence-electron chi connectivity index (χ2n) is 6.79. The highest BCUT2D eigenvalue weighted by molar-refractivity contribution is 9.10. The quantitative estimate of drug-likeness (QED) is 0.320. The van der Waals surface area contributed by atoms with E-state index in [9.17, 15) is 0 Å². The number of pyridine rings is 2. The third-order valence-corrected chi connectivity index (χ3v) is 6.00. The van der Waals surface area contributed by atoms with Crippen LogP contribution < -0.4 is 4.74 Å². The summed E-state index contributed by atoms with van der Waals surface area (Å²) >= 11 is 3.65. The van der Waals surface area contributed by atoms with Crippen LogP contribution in [0.25, 0.3) is 11.4 Å². The number of hydrogen-bond donors (Lipinski definition) is 0. The minimum Gasteiger partial charge on any atom is -0.457 e. The minimum atomic E-state index is -0.485. The van der Waals surface area contributed by atoms with Crippen molar-refractivity contribution in [3.8, 4) is 22.9 Å². The number of para-hydroxylation sites is 1. The van der Waals surface area contributed by atoms with Crippen molar-refractivity contribution in [2.75, 3.05) is 0 Å². The molecular formula is C23H13BrN2O. The zero-order valence-corrected chi connectivity index (χ0v) is 15.8. The van der Waals surface area contributed by atoms with E-state index in [-0.39, 0.29) is 0 Å². The van der Waals surface area contributed by atoms with E-state index >= 15 is 0 Å². The number of benzene rings is 2. The van der Waals surface area contributed by atoms with Gasteiger partial charge in [-0.15, -0.1) is 0 Å². The van der Waals surface area contributed by atoms with Crippen molar-refractivity contribution in [2.24, 2.45) is 0 Å². The van der Waals surface area contributed by atoms with E-state index in [1.807, 2.05) is 48.8 Å². The maximum Gasteiger partial charge on any atom is 0.132 e. The molecule has 0 radical (unpaired) electrons. The molecule has 6 rings (SSSR count). The molecule has 0 atom stereocenters. The van der Waals surface area contributed by atoms with E-state index in [1.54, 1.807) is 0 Å². The molecule has 4 aromatic rings. The molecular weight excluding hydrogens is 400 g/mol. The van der Waals surface area contributed by atoms with Gasteiger partial charge in [0.05, 0.1) is 16.8 Å². The van der Waals surface area contributed by atoms with E-state index in [4.69, 9.17) is 14.7 Å². The lowest BCUT2D eigenvalue weighted by Gasteiger charge is -2.38. The first kappa shape index (κ1) is 15.1. The number of ether oxygens (including phenoxy) is 1. The Morgan fingerprint density at radius 1 is 0.667 bits per heavy atom. The number of halogens is 1. The fourth-order valence-corrected chi connectivity index (χ4v) is 4.89. The first-order valence-electron chi connectivity index (χ1n) is 8.79. The Balaban J connectivity index is 1.86. The van der Waals surface area contributed by atoms with Gasteiger partial charge < -0.3 is 4.74 Å². The Hall–Kier alpha value is -2.98. The fraction of sp³-hybridized carbons (Fsp3) is 0.0435. The Morgan fingerprint density at radius 3 is 2.04 bits per heavy atom. The minimum absolute atomic E-state index is 0.485. The number of fused-ring (bicyclic) bond motifs is 9. The van der Waals surface area contributed by atoms with Gasteiger partial charge in [0.2, 0.25) is 0 Å². The van der Waals surface area contributed by atoms with Crippen molar-refractivity contribution in [1.82, 2.24) is 9.97 Å². The third-order valence-electron chi connectivity index (χ3n) is 5.50. The van der Waals surface area contributed by atoms with Crippen molar-refractivity contribution in [1.29, 1.82) is 0 Å². The standard InChI is InChI=1S/C23H13BrN2O/c24-14-9-10-20-18(13-14)23(15-5-1-2-8-19(15)27-20)16-6-3-11-25-21(16)22-17(23)7-4-12-26-22/h1-13H. The largest absolute Gasteiger partial charge is 0.457 e. The average molecular weight is 413 g/mol. The zero-order chi connectivity index (χ0) is 18.0. The summed E-state index contributed by atoms with van der Waals surface area (Å²) in [4.78, 5) is 9.41. The second kappa shape index (κ2) is 5.27. The van der Waals surface area contributed by atoms with Crippen molar-refractivity contribution in [3.05, 3.63) is 106 Å². The Kier molecular flexibility index (Phi) is 2.95. The third kappa shape index (κ3) is 1.81. The van der Waals surface area contributed by atoms with E-state index in [2.05, 4.69) is 46.3 Å². The molecule has 2 aromatic heterocycles. The van der Waals surface area contributed by atoms with Crippen LogP contribution in [-0.2, 0) is 5.41 Å². The number of hydrogen-bond acceptors (Lipinski definition) is 3. The van der Waals surface area contributed by atoms with Crippen molar-refractivity contribution < 1.29 is 4.74 Å². The molecule has 0 amide bonds. The molecule has 1 aliphatic heterocycles.